The lowest BCUT2D eigenvalue weighted by molar-refractivity contribution is -0.141. The Labute approximate surface area is 186 Å². The molecule has 1 aliphatic rings. The second kappa shape index (κ2) is 8.23. The van der Waals surface area contributed by atoms with Crippen molar-refractivity contribution in [2.75, 3.05) is 5.32 Å². The molecule has 170 valence electrons. The van der Waals surface area contributed by atoms with Crippen molar-refractivity contribution in [3.63, 3.8) is 0 Å². The predicted molar refractivity (Wildman–Crippen MR) is 119 cm³/mol. The van der Waals surface area contributed by atoms with Crippen LogP contribution in [-0.4, -0.2) is 35.9 Å². The van der Waals surface area contributed by atoms with Crippen molar-refractivity contribution in [2.24, 2.45) is 12.0 Å². The molecule has 0 atom stereocenters. The molecular weight excluding hydrogens is 433 g/mol. The number of nitrogens with zero attached hydrogens (tertiary/aromatic N) is 5. The summed E-state index contributed by atoms with van der Waals surface area (Å²) < 4.78 is 42.4. The second-order valence-electron chi connectivity index (χ2n) is 7.88. The van der Waals surface area contributed by atoms with E-state index in [0.29, 0.717) is 23.7 Å². The van der Waals surface area contributed by atoms with Crippen LogP contribution < -0.4 is 5.32 Å². The number of hydrogen-bond donors (Lipinski definition) is 3. The summed E-state index contributed by atoms with van der Waals surface area (Å²) in [5, 5.41) is 21.3. The van der Waals surface area contributed by atoms with E-state index in [4.69, 9.17) is 0 Å². The van der Waals surface area contributed by atoms with Gasteiger partial charge in [0.15, 0.2) is 17.3 Å². The van der Waals surface area contributed by atoms with Crippen LogP contribution in [0, 0.1) is 0 Å². The Morgan fingerprint density at radius 3 is 2.79 bits per heavy atom. The number of anilines is 2. The van der Waals surface area contributed by atoms with Gasteiger partial charge in [0.25, 0.3) is 0 Å². The number of rotatable bonds is 5. The van der Waals surface area contributed by atoms with Crippen LogP contribution in [0.5, 0.6) is 0 Å². The van der Waals surface area contributed by atoms with Crippen LogP contribution in [0.1, 0.15) is 36.9 Å². The van der Waals surface area contributed by atoms with Gasteiger partial charge in [-0.2, -0.15) is 28.5 Å². The van der Waals surface area contributed by atoms with Crippen LogP contribution in [0.15, 0.2) is 53.3 Å². The van der Waals surface area contributed by atoms with Gasteiger partial charge < -0.3 is 5.32 Å². The molecular formula is C22H21F3N8. The molecule has 0 saturated carbocycles. The number of aromatic nitrogens is 6. The molecule has 1 aliphatic carbocycles. The molecule has 0 bridgehead atoms. The first kappa shape index (κ1) is 21.0. The van der Waals surface area contributed by atoms with Crippen molar-refractivity contribution in [1.29, 1.82) is 0 Å². The average Bonchev–Trinajstić information content (AvgIpc) is 3.53. The van der Waals surface area contributed by atoms with Gasteiger partial charge in [-0.15, -0.1) is 0 Å². The minimum absolute atomic E-state index is 0.0465. The van der Waals surface area contributed by atoms with E-state index in [1.54, 1.807) is 29.1 Å². The Balaban J connectivity index is 1.59. The number of halogens is 3. The number of alkyl halides is 3. The molecule has 8 nitrogen and oxygen atoms in total. The second-order valence-corrected chi connectivity index (χ2v) is 7.88. The van der Waals surface area contributed by atoms with E-state index in [1.807, 2.05) is 19.2 Å². The van der Waals surface area contributed by atoms with Crippen molar-refractivity contribution in [2.45, 2.75) is 31.9 Å². The van der Waals surface area contributed by atoms with Crippen LogP contribution in [0.25, 0.3) is 10.9 Å². The van der Waals surface area contributed by atoms with Gasteiger partial charge in [-0.1, -0.05) is 6.08 Å². The first-order valence-corrected chi connectivity index (χ1v) is 10.5. The minimum Gasteiger partial charge on any atom is -0.321 e. The lowest BCUT2D eigenvalue weighted by Gasteiger charge is -2.16. The third kappa shape index (κ3) is 4.26. The smallest absolute Gasteiger partial charge is 0.321 e. The van der Waals surface area contributed by atoms with E-state index in [9.17, 15) is 13.2 Å². The first-order valence-electron chi connectivity index (χ1n) is 10.5. The largest absolute Gasteiger partial charge is 0.435 e. The lowest BCUT2D eigenvalue weighted by atomic mass is 9.92. The maximum absolute atomic E-state index is 13.6. The monoisotopic (exact) mass is 454 g/mol. The van der Waals surface area contributed by atoms with Gasteiger partial charge in [0.1, 0.15) is 0 Å². The standard InChI is InChI=1S/C22H21F3N8/c1-33-10-9-18(32-33)28-21-15-11-14(7-8-17(15)29-31-21)27-19(13-5-3-2-4-6-13)16-12-26-30-20(16)22(23,24)25/h5,7-12H,2-4,6H2,1H3,(H,26,30)(H2,28,29,31,32)/b27-19+. The third-order valence-electron chi connectivity index (χ3n) is 5.51. The number of fused-ring (bicyclic) bond motifs is 1. The van der Waals surface area contributed by atoms with Crippen LogP contribution in [0.3, 0.4) is 0 Å². The normalized spacial score (nSPS) is 15.2. The van der Waals surface area contributed by atoms with Gasteiger partial charge in [-0.05, 0) is 49.5 Å². The molecule has 1 aromatic carbocycles. The molecule has 4 aromatic rings. The fourth-order valence-electron chi connectivity index (χ4n) is 3.94. The van der Waals surface area contributed by atoms with Crippen LogP contribution in [0.4, 0.5) is 30.5 Å². The van der Waals surface area contributed by atoms with Crippen LogP contribution in [0.2, 0.25) is 0 Å². The molecule has 33 heavy (non-hydrogen) atoms. The lowest BCUT2D eigenvalue weighted by Crippen LogP contribution is -2.15. The van der Waals surface area contributed by atoms with E-state index in [1.165, 1.54) is 6.20 Å². The summed E-state index contributed by atoms with van der Waals surface area (Å²) in [5.74, 6) is 1.18. The van der Waals surface area contributed by atoms with Crippen molar-refractivity contribution in [3.05, 3.63) is 59.6 Å². The molecule has 11 heteroatoms. The summed E-state index contributed by atoms with van der Waals surface area (Å²) >= 11 is 0. The Morgan fingerprint density at radius 1 is 1.18 bits per heavy atom. The number of allylic oxidation sites excluding steroid dienone is 2. The van der Waals surface area contributed by atoms with E-state index >= 15 is 0 Å². The van der Waals surface area contributed by atoms with E-state index < -0.39 is 11.9 Å². The number of benzene rings is 1. The molecule has 0 radical (unpaired) electrons. The quantitative estimate of drug-likeness (QED) is 0.352. The fraction of sp³-hybridized carbons (Fsp3) is 0.273. The summed E-state index contributed by atoms with van der Waals surface area (Å²) in [6.45, 7) is 0. The Morgan fingerprint density at radius 2 is 2.06 bits per heavy atom. The highest BCUT2D eigenvalue weighted by molar-refractivity contribution is 6.14. The molecule has 0 amide bonds. The van der Waals surface area contributed by atoms with Crippen molar-refractivity contribution < 1.29 is 13.2 Å². The van der Waals surface area contributed by atoms with Gasteiger partial charge in [-0.3, -0.25) is 14.9 Å². The number of aliphatic imine (C=N–C) groups is 1. The van der Waals surface area contributed by atoms with E-state index in [0.717, 1.165) is 35.7 Å². The first-order chi connectivity index (χ1) is 15.9. The Kier molecular flexibility index (Phi) is 5.23. The summed E-state index contributed by atoms with van der Waals surface area (Å²) in [7, 11) is 1.81. The van der Waals surface area contributed by atoms with Crippen LogP contribution in [-0.2, 0) is 13.2 Å². The van der Waals surface area contributed by atoms with Crippen molar-refractivity contribution >= 4 is 33.9 Å². The van der Waals surface area contributed by atoms with E-state index in [2.05, 4.69) is 35.8 Å². The molecule has 3 aromatic heterocycles. The molecule has 3 N–H and O–H groups in total. The maximum atomic E-state index is 13.6. The maximum Gasteiger partial charge on any atom is 0.435 e. The predicted octanol–water partition coefficient (Wildman–Crippen LogP) is 5.40. The highest BCUT2D eigenvalue weighted by atomic mass is 19.4. The third-order valence-corrected chi connectivity index (χ3v) is 5.51. The van der Waals surface area contributed by atoms with Gasteiger partial charge in [0, 0.05) is 30.9 Å². The van der Waals surface area contributed by atoms with E-state index in [-0.39, 0.29) is 11.3 Å². The molecule has 0 spiro atoms. The zero-order valence-electron chi connectivity index (χ0n) is 17.7. The molecule has 3 heterocycles. The number of nitrogens with one attached hydrogen (secondary N) is 3. The Hall–Kier alpha value is -3.89. The Bertz CT molecular complexity index is 1360. The summed E-state index contributed by atoms with van der Waals surface area (Å²) in [6, 6.07) is 7.16. The fourth-order valence-corrected chi connectivity index (χ4v) is 3.94. The van der Waals surface area contributed by atoms with Gasteiger partial charge in [0.2, 0.25) is 0 Å². The SMILES string of the molecule is Cn1ccc(Nc2n[nH]c3ccc(/N=C(\C4=CCCCC4)c4c[nH]nc4C(F)(F)F)cc23)n1. The van der Waals surface area contributed by atoms with Crippen molar-refractivity contribution in [1.82, 2.24) is 30.2 Å². The molecule has 0 saturated heterocycles. The molecule has 0 fully saturated rings. The molecule has 0 unspecified atom stereocenters. The van der Waals surface area contributed by atoms with Gasteiger partial charge in [0.05, 0.1) is 22.5 Å². The summed E-state index contributed by atoms with van der Waals surface area (Å²) in [4.78, 5) is 4.68. The zero-order valence-corrected chi connectivity index (χ0v) is 17.7. The average molecular weight is 454 g/mol. The zero-order chi connectivity index (χ0) is 23.0. The summed E-state index contributed by atoms with van der Waals surface area (Å²) in [5.41, 5.74) is 1.36. The van der Waals surface area contributed by atoms with Gasteiger partial charge >= 0.3 is 6.18 Å². The molecule has 0 aliphatic heterocycles. The number of aryl methyl sites for hydroxylation is 1. The highest BCUT2D eigenvalue weighted by Crippen LogP contribution is 2.34. The number of hydrogen-bond acceptors (Lipinski definition) is 5. The van der Waals surface area contributed by atoms with Crippen molar-refractivity contribution in [3.8, 4) is 0 Å². The highest BCUT2D eigenvalue weighted by Gasteiger charge is 2.38. The minimum atomic E-state index is -4.58. The number of H-pyrrole nitrogens is 2. The summed E-state index contributed by atoms with van der Waals surface area (Å²) in [6.07, 6.45) is 3.86. The van der Waals surface area contributed by atoms with Crippen LogP contribution >= 0.6 is 0 Å². The topological polar surface area (TPSA) is 99.6 Å². The van der Waals surface area contributed by atoms with Gasteiger partial charge in [-0.25, -0.2) is 4.99 Å². The molecule has 5 rings (SSSR count). The number of aromatic amines is 2.